The van der Waals surface area contributed by atoms with E-state index < -0.39 is 5.60 Å². The number of carbonyl (C=O) groups excluding carboxylic acids is 2. The summed E-state index contributed by atoms with van der Waals surface area (Å²) < 4.78 is 0. The Morgan fingerprint density at radius 1 is 1.18 bits per heavy atom. The molecular formula is C25H35N5O3. The number of nitrogens with one attached hydrogen (secondary N) is 3. The molecule has 178 valence electrons. The van der Waals surface area contributed by atoms with Crippen LogP contribution in [0.15, 0.2) is 6.20 Å². The maximum absolute atomic E-state index is 13.5. The van der Waals surface area contributed by atoms with E-state index in [1.807, 2.05) is 0 Å². The Morgan fingerprint density at radius 3 is 2.61 bits per heavy atom. The predicted molar refractivity (Wildman–Crippen MR) is 123 cm³/mol. The summed E-state index contributed by atoms with van der Waals surface area (Å²) in [5, 5.41) is 20.4. The third kappa shape index (κ3) is 4.11. The lowest BCUT2D eigenvalue weighted by atomic mass is 9.52. The van der Waals surface area contributed by atoms with Crippen LogP contribution >= 0.6 is 0 Å². The average Bonchev–Trinajstić information content (AvgIpc) is 3.45. The van der Waals surface area contributed by atoms with Crippen LogP contribution in [0.5, 0.6) is 0 Å². The maximum atomic E-state index is 13.5. The smallest absolute Gasteiger partial charge is 0.254 e. The third-order valence-electron chi connectivity index (χ3n) is 8.95. The molecule has 5 aliphatic carbocycles. The van der Waals surface area contributed by atoms with Gasteiger partial charge in [0.05, 0.1) is 16.9 Å². The monoisotopic (exact) mass is 453 g/mol. The first-order chi connectivity index (χ1) is 16.0. The van der Waals surface area contributed by atoms with Crippen LogP contribution in [0.25, 0.3) is 0 Å². The Balaban J connectivity index is 1.19. The summed E-state index contributed by atoms with van der Waals surface area (Å²) in [6, 6.07) is 0.149. The molecule has 33 heavy (non-hydrogen) atoms. The lowest BCUT2D eigenvalue weighted by Crippen LogP contribution is -2.61. The molecule has 0 spiro atoms. The first-order valence-corrected chi connectivity index (χ1v) is 12.9. The van der Waals surface area contributed by atoms with Gasteiger partial charge in [-0.1, -0.05) is 12.8 Å². The van der Waals surface area contributed by atoms with Crippen molar-refractivity contribution in [3.05, 3.63) is 17.5 Å². The Hall–Kier alpha value is -2.22. The van der Waals surface area contributed by atoms with Gasteiger partial charge in [0.2, 0.25) is 11.9 Å². The fraction of sp³-hybridized carbons (Fsp3) is 0.760. The van der Waals surface area contributed by atoms with E-state index in [4.69, 9.17) is 4.98 Å². The average molecular weight is 454 g/mol. The molecule has 1 saturated heterocycles. The van der Waals surface area contributed by atoms with E-state index in [9.17, 15) is 14.7 Å². The SMILES string of the molecule is O=C1C[C@H](CNc2ncc(C(=O)NC3C4CC5CC3CC(O)(C5)C4)c(C3CCCC3)n2)CN1. The summed E-state index contributed by atoms with van der Waals surface area (Å²) >= 11 is 0. The number of nitrogens with zero attached hydrogens (tertiary/aromatic N) is 2. The molecule has 5 saturated carbocycles. The Bertz CT molecular complexity index is 930. The highest BCUT2D eigenvalue weighted by Gasteiger charge is 2.55. The van der Waals surface area contributed by atoms with E-state index in [0.29, 0.717) is 54.7 Å². The van der Waals surface area contributed by atoms with Crippen molar-refractivity contribution < 1.29 is 14.7 Å². The summed E-state index contributed by atoms with van der Waals surface area (Å²) in [4.78, 5) is 34.2. The van der Waals surface area contributed by atoms with Gasteiger partial charge in [-0.2, -0.15) is 0 Å². The predicted octanol–water partition coefficient (Wildman–Crippen LogP) is 2.35. The largest absolute Gasteiger partial charge is 0.390 e. The van der Waals surface area contributed by atoms with Gasteiger partial charge in [0, 0.05) is 43.6 Å². The van der Waals surface area contributed by atoms with Crippen LogP contribution in [0.1, 0.15) is 86.2 Å². The third-order valence-corrected chi connectivity index (χ3v) is 8.95. The van der Waals surface area contributed by atoms with Gasteiger partial charge in [0.1, 0.15) is 0 Å². The van der Waals surface area contributed by atoms with Gasteiger partial charge in [-0.3, -0.25) is 9.59 Å². The van der Waals surface area contributed by atoms with Gasteiger partial charge >= 0.3 is 0 Å². The van der Waals surface area contributed by atoms with Gasteiger partial charge in [0.15, 0.2) is 0 Å². The summed E-state index contributed by atoms with van der Waals surface area (Å²) in [5.74, 6) is 2.50. The maximum Gasteiger partial charge on any atom is 0.254 e. The minimum absolute atomic E-state index is 0.0569. The summed E-state index contributed by atoms with van der Waals surface area (Å²) in [5.41, 5.74) is 0.978. The molecule has 6 fully saturated rings. The van der Waals surface area contributed by atoms with E-state index in [1.54, 1.807) is 6.20 Å². The molecule has 2 amide bonds. The van der Waals surface area contributed by atoms with Crippen LogP contribution in [-0.2, 0) is 4.79 Å². The Morgan fingerprint density at radius 2 is 1.94 bits per heavy atom. The Labute approximate surface area is 194 Å². The lowest BCUT2D eigenvalue weighted by molar-refractivity contribution is -0.136. The number of hydrogen-bond acceptors (Lipinski definition) is 6. The quantitative estimate of drug-likeness (QED) is 0.525. The lowest BCUT2D eigenvalue weighted by Gasteiger charge is -2.58. The number of aliphatic hydroxyl groups is 1. The summed E-state index contributed by atoms with van der Waals surface area (Å²) in [6.07, 6.45) is 11.5. The van der Waals surface area contributed by atoms with Crippen molar-refractivity contribution in [3.63, 3.8) is 0 Å². The molecule has 8 nitrogen and oxygen atoms in total. The fourth-order valence-corrected chi connectivity index (χ4v) is 7.66. The molecule has 1 aromatic rings. The van der Waals surface area contributed by atoms with E-state index in [0.717, 1.165) is 50.6 Å². The molecule has 0 radical (unpaired) electrons. The van der Waals surface area contributed by atoms with Crippen LogP contribution in [0.2, 0.25) is 0 Å². The minimum Gasteiger partial charge on any atom is -0.390 e. The highest BCUT2D eigenvalue weighted by atomic mass is 16.3. The molecule has 4 bridgehead atoms. The zero-order valence-corrected chi connectivity index (χ0v) is 19.2. The van der Waals surface area contributed by atoms with Crippen LogP contribution in [-0.4, -0.2) is 51.6 Å². The van der Waals surface area contributed by atoms with Gasteiger partial charge < -0.3 is 21.1 Å². The molecule has 0 aromatic carbocycles. The number of rotatable bonds is 6. The standard InChI is InChI=1S/C25H35N5O3/c31-20-7-15(11-26-20)12-27-24-28-13-19(22(30-24)16-3-1-2-4-16)23(32)29-21-17-5-14-6-18(21)10-25(33,8-14)9-17/h13-18,21,33H,1-12H2,(H,26,31)(H,29,32)(H,27,28,30)/t14?,15-,17?,18?,21?,25?/m0/s1. The minimum atomic E-state index is -0.497. The van der Waals surface area contributed by atoms with Gasteiger partial charge in [0.25, 0.3) is 5.91 Å². The van der Waals surface area contributed by atoms with Crippen molar-refractivity contribution in [1.82, 2.24) is 20.6 Å². The number of hydrogen-bond donors (Lipinski definition) is 4. The van der Waals surface area contributed by atoms with Crippen LogP contribution in [0.4, 0.5) is 5.95 Å². The first-order valence-electron chi connectivity index (χ1n) is 12.9. The number of aromatic nitrogens is 2. The highest BCUT2D eigenvalue weighted by molar-refractivity contribution is 5.95. The van der Waals surface area contributed by atoms with E-state index >= 15 is 0 Å². The van der Waals surface area contributed by atoms with E-state index in [-0.39, 0.29) is 23.8 Å². The summed E-state index contributed by atoms with van der Waals surface area (Å²) in [6.45, 7) is 1.32. The molecule has 3 atom stereocenters. The number of amides is 2. The molecule has 4 N–H and O–H groups in total. The summed E-state index contributed by atoms with van der Waals surface area (Å²) in [7, 11) is 0. The van der Waals surface area contributed by atoms with Gasteiger partial charge in [-0.25, -0.2) is 9.97 Å². The second kappa shape index (κ2) is 8.22. The Kier molecular flexibility index (Phi) is 5.31. The normalized spacial score (nSPS) is 37.4. The number of carbonyl (C=O) groups is 2. The molecule has 1 aromatic heterocycles. The van der Waals surface area contributed by atoms with Crippen molar-refractivity contribution in [1.29, 1.82) is 0 Å². The molecule has 2 unspecified atom stereocenters. The van der Waals surface area contributed by atoms with E-state index in [1.165, 1.54) is 12.8 Å². The zero-order valence-electron chi connectivity index (χ0n) is 19.2. The zero-order chi connectivity index (χ0) is 22.6. The molecular weight excluding hydrogens is 418 g/mol. The second-order valence-electron chi connectivity index (χ2n) is 11.4. The molecule has 1 aliphatic heterocycles. The van der Waals surface area contributed by atoms with Crippen molar-refractivity contribution in [3.8, 4) is 0 Å². The van der Waals surface area contributed by atoms with Crippen molar-refractivity contribution in [2.24, 2.45) is 23.7 Å². The fourth-order valence-electron chi connectivity index (χ4n) is 7.66. The van der Waals surface area contributed by atoms with Crippen LogP contribution < -0.4 is 16.0 Å². The van der Waals surface area contributed by atoms with Gasteiger partial charge in [-0.15, -0.1) is 0 Å². The van der Waals surface area contributed by atoms with Crippen molar-refractivity contribution >= 4 is 17.8 Å². The molecule has 6 aliphatic rings. The molecule has 8 heteroatoms. The topological polar surface area (TPSA) is 116 Å². The van der Waals surface area contributed by atoms with Crippen molar-refractivity contribution in [2.75, 3.05) is 18.4 Å². The second-order valence-corrected chi connectivity index (χ2v) is 11.4. The van der Waals surface area contributed by atoms with Crippen LogP contribution in [0, 0.1) is 23.7 Å². The molecule has 7 rings (SSSR count). The van der Waals surface area contributed by atoms with Crippen LogP contribution in [0.3, 0.4) is 0 Å². The van der Waals surface area contributed by atoms with Gasteiger partial charge in [-0.05, 0) is 62.7 Å². The molecule has 2 heterocycles. The van der Waals surface area contributed by atoms with E-state index in [2.05, 4.69) is 20.9 Å². The number of anilines is 1. The van der Waals surface area contributed by atoms with Crippen molar-refractivity contribution in [2.45, 2.75) is 81.8 Å². The first kappa shape index (κ1) is 21.3. The highest BCUT2D eigenvalue weighted by Crippen LogP contribution is 2.55.